The molecule has 1 amide bonds. The number of rotatable bonds is 5. The van der Waals surface area contributed by atoms with E-state index in [1.54, 1.807) is 0 Å². The van der Waals surface area contributed by atoms with Crippen molar-refractivity contribution in [1.82, 2.24) is 15.5 Å². The van der Waals surface area contributed by atoms with Gasteiger partial charge < -0.3 is 15.5 Å². The standard InChI is InChI=1S/C14H24F3N3O/c1-11(9-20-6-2-3-7-20)8-19-12(21)13(14(15,16)17)4-5-18-10-13/h11,18H,2-10H2,1H3,(H,19,21). The Morgan fingerprint density at radius 3 is 2.57 bits per heavy atom. The Morgan fingerprint density at radius 2 is 2.05 bits per heavy atom. The number of nitrogens with one attached hydrogen (secondary N) is 2. The number of alkyl halides is 3. The van der Waals surface area contributed by atoms with Gasteiger partial charge >= 0.3 is 6.18 Å². The van der Waals surface area contributed by atoms with Gasteiger partial charge in [0.1, 0.15) is 0 Å². The summed E-state index contributed by atoms with van der Waals surface area (Å²) in [6.45, 7) is 5.11. The van der Waals surface area contributed by atoms with Gasteiger partial charge in [-0.25, -0.2) is 0 Å². The van der Waals surface area contributed by atoms with Crippen molar-refractivity contribution in [2.45, 2.75) is 32.4 Å². The molecule has 0 bridgehead atoms. The number of likely N-dealkylation sites (tertiary alicyclic amines) is 1. The number of hydrogen-bond acceptors (Lipinski definition) is 3. The molecule has 122 valence electrons. The second-order valence-electron chi connectivity index (χ2n) is 6.33. The predicted molar refractivity (Wildman–Crippen MR) is 73.8 cm³/mol. The van der Waals surface area contributed by atoms with E-state index >= 15 is 0 Å². The van der Waals surface area contributed by atoms with Crippen LogP contribution in [-0.4, -0.2) is 56.3 Å². The van der Waals surface area contributed by atoms with Gasteiger partial charge in [0.15, 0.2) is 5.41 Å². The largest absolute Gasteiger partial charge is 0.404 e. The molecule has 21 heavy (non-hydrogen) atoms. The summed E-state index contributed by atoms with van der Waals surface area (Å²) < 4.78 is 39.6. The fourth-order valence-electron chi connectivity index (χ4n) is 3.16. The van der Waals surface area contributed by atoms with Gasteiger partial charge in [-0.15, -0.1) is 0 Å². The lowest BCUT2D eigenvalue weighted by Crippen LogP contribution is -2.53. The molecule has 2 N–H and O–H groups in total. The second kappa shape index (κ2) is 6.52. The molecule has 2 saturated heterocycles. The van der Waals surface area contributed by atoms with E-state index in [0.717, 1.165) is 19.6 Å². The van der Waals surface area contributed by atoms with E-state index < -0.39 is 17.5 Å². The quantitative estimate of drug-likeness (QED) is 0.806. The van der Waals surface area contributed by atoms with Crippen molar-refractivity contribution in [2.75, 3.05) is 39.3 Å². The highest BCUT2D eigenvalue weighted by Gasteiger charge is 2.61. The first-order chi connectivity index (χ1) is 9.85. The molecule has 0 spiro atoms. The number of nitrogens with zero attached hydrogens (tertiary/aromatic N) is 1. The number of amides is 1. The first-order valence-electron chi connectivity index (χ1n) is 7.63. The van der Waals surface area contributed by atoms with E-state index in [-0.39, 0.29) is 25.4 Å². The van der Waals surface area contributed by atoms with Crippen LogP contribution in [0.2, 0.25) is 0 Å². The molecule has 2 unspecified atom stereocenters. The summed E-state index contributed by atoms with van der Waals surface area (Å²) in [5.74, 6) is -0.722. The number of carbonyl (C=O) groups excluding carboxylic acids is 1. The third kappa shape index (κ3) is 3.69. The lowest BCUT2D eigenvalue weighted by atomic mass is 9.85. The maximum Gasteiger partial charge on any atom is 0.404 e. The summed E-state index contributed by atoms with van der Waals surface area (Å²) >= 11 is 0. The van der Waals surface area contributed by atoms with Gasteiger partial charge in [-0.05, 0) is 44.8 Å². The van der Waals surface area contributed by atoms with Gasteiger partial charge in [-0.1, -0.05) is 6.92 Å². The smallest absolute Gasteiger partial charge is 0.355 e. The average Bonchev–Trinajstić information content (AvgIpc) is 3.06. The van der Waals surface area contributed by atoms with E-state index in [1.165, 1.54) is 12.8 Å². The van der Waals surface area contributed by atoms with Gasteiger partial charge in [0, 0.05) is 19.6 Å². The number of hydrogen-bond donors (Lipinski definition) is 2. The van der Waals surface area contributed by atoms with E-state index in [9.17, 15) is 18.0 Å². The van der Waals surface area contributed by atoms with Crippen LogP contribution in [-0.2, 0) is 4.79 Å². The summed E-state index contributed by atoms with van der Waals surface area (Å²) in [7, 11) is 0. The molecule has 2 rings (SSSR count). The zero-order valence-corrected chi connectivity index (χ0v) is 12.4. The van der Waals surface area contributed by atoms with Crippen LogP contribution in [0.1, 0.15) is 26.2 Å². The van der Waals surface area contributed by atoms with Crippen LogP contribution in [0.25, 0.3) is 0 Å². The lowest BCUT2D eigenvalue weighted by molar-refractivity contribution is -0.216. The minimum atomic E-state index is -4.50. The zero-order chi connectivity index (χ0) is 15.5. The van der Waals surface area contributed by atoms with Crippen molar-refractivity contribution in [2.24, 2.45) is 11.3 Å². The Labute approximate surface area is 123 Å². The molecule has 0 saturated carbocycles. The fraction of sp³-hybridized carbons (Fsp3) is 0.929. The number of carbonyl (C=O) groups is 1. The van der Waals surface area contributed by atoms with Crippen molar-refractivity contribution in [3.63, 3.8) is 0 Å². The summed E-state index contributed by atoms with van der Waals surface area (Å²) in [5.41, 5.74) is -2.25. The van der Waals surface area contributed by atoms with Crippen molar-refractivity contribution < 1.29 is 18.0 Å². The summed E-state index contributed by atoms with van der Waals surface area (Å²) in [6.07, 6.45) is -2.31. The summed E-state index contributed by atoms with van der Waals surface area (Å²) in [4.78, 5) is 14.4. The van der Waals surface area contributed by atoms with Crippen LogP contribution >= 0.6 is 0 Å². The summed E-state index contributed by atoms with van der Waals surface area (Å²) in [6, 6.07) is 0. The van der Waals surface area contributed by atoms with Crippen molar-refractivity contribution in [1.29, 1.82) is 0 Å². The first-order valence-corrected chi connectivity index (χ1v) is 7.63. The highest BCUT2D eigenvalue weighted by atomic mass is 19.4. The molecular weight excluding hydrogens is 283 g/mol. The molecule has 2 aliphatic heterocycles. The maximum absolute atomic E-state index is 13.2. The summed E-state index contributed by atoms with van der Waals surface area (Å²) in [5, 5.41) is 5.18. The Hall–Kier alpha value is -0.820. The monoisotopic (exact) mass is 307 g/mol. The Bertz CT molecular complexity index is 361. The van der Waals surface area contributed by atoms with Crippen molar-refractivity contribution >= 4 is 5.91 Å². The van der Waals surface area contributed by atoms with E-state index in [1.807, 2.05) is 6.92 Å². The van der Waals surface area contributed by atoms with Crippen LogP contribution in [0.15, 0.2) is 0 Å². The van der Waals surface area contributed by atoms with E-state index in [0.29, 0.717) is 6.54 Å². The van der Waals surface area contributed by atoms with E-state index in [4.69, 9.17) is 0 Å². The zero-order valence-electron chi connectivity index (χ0n) is 12.4. The van der Waals surface area contributed by atoms with Crippen LogP contribution in [0.4, 0.5) is 13.2 Å². The molecule has 0 radical (unpaired) electrons. The van der Waals surface area contributed by atoms with Gasteiger partial charge in [-0.3, -0.25) is 4.79 Å². The number of halogens is 3. The minimum absolute atomic E-state index is 0.159. The highest BCUT2D eigenvalue weighted by Crippen LogP contribution is 2.43. The third-order valence-electron chi connectivity index (χ3n) is 4.51. The molecule has 0 aliphatic carbocycles. The Kier molecular flexibility index (Phi) is 5.14. The van der Waals surface area contributed by atoms with Crippen LogP contribution < -0.4 is 10.6 Å². The van der Waals surface area contributed by atoms with Gasteiger partial charge in [0.05, 0.1) is 0 Å². The Balaban J connectivity index is 1.85. The molecule has 0 aromatic heterocycles. The minimum Gasteiger partial charge on any atom is -0.355 e. The van der Waals surface area contributed by atoms with Gasteiger partial charge in [0.25, 0.3) is 0 Å². The normalized spacial score (nSPS) is 28.8. The van der Waals surface area contributed by atoms with E-state index in [2.05, 4.69) is 15.5 Å². The van der Waals surface area contributed by atoms with Crippen molar-refractivity contribution in [3.8, 4) is 0 Å². The van der Waals surface area contributed by atoms with Crippen molar-refractivity contribution in [3.05, 3.63) is 0 Å². The maximum atomic E-state index is 13.2. The lowest BCUT2D eigenvalue weighted by Gasteiger charge is -2.30. The Morgan fingerprint density at radius 1 is 1.38 bits per heavy atom. The molecule has 4 nitrogen and oxygen atoms in total. The fourth-order valence-corrected chi connectivity index (χ4v) is 3.16. The first kappa shape index (κ1) is 16.5. The molecule has 2 heterocycles. The third-order valence-corrected chi connectivity index (χ3v) is 4.51. The molecule has 0 aromatic rings. The molecular formula is C14H24F3N3O. The molecule has 0 aromatic carbocycles. The second-order valence-corrected chi connectivity index (χ2v) is 6.33. The molecule has 2 aliphatic rings. The topological polar surface area (TPSA) is 44.4 Å². The highest BCUT2D eigenvalue weighted by molar-refractivity contribution is 5.84. The SMILES string of the molecule is CC(CNC(=O)C1(C(F)(F)F)CCNC1)CN1CCCC1. The van der Waals surface area contributed by atoms with Gasteiger partial charge in [-0.2, -0.15) is 13.2 Å². The van der Waals surface area contributed by atoms with Gasteiger partial charge in [0.2, 0.25) is 5.91 Å². The van der Waals surface area contributed by atoms with Crippen LogP contribution in [0, 0.1) is 11.3 Å². The molecule has 2 fully saturated rings. The molecule has 2 atom stereocenters. The average molecular weight is 307 g/mol. The van der Waals surface area contributed by atoms with Crippen LogP contribution in [0.5, 0.6) is 0 Å². The molecule has 7 heteroatoms. The van der Waals surface area contributed by atoms with Crippen LogP contribution in [0.3, 0.4) is 0 Å². The predicted octanol–water partition coefficient (Wildman–Crippen LogP) is 1.38.